The minimum absolute atomic E-state index is 1.02. The quantitative estimate of drug-likeness (QED) is 0.469. The molecular weight excluding hydrogens is 154 g/mol. The van der Waals surface area contributed by atoms with E-state index < -0.39 is 0 Å². The van der Waals surface area contributed by atoms with Crippen LogP contribution < -0.4 is 0 Å². The highest BCUT2D eigenvalue weighted by Gasteiger charge is 1.94. The van der Waals surface area contributed by atoms with Crippen LogP contribution in [-0.2, 0) is 0 Å². The minimum Gasteiger partial charge on any atom is -0.185 e. The van der Waals surface area contributed by atoms with Gasteiger partial charge in [-0.05, 0) is 48.9 Å². The Kier molecular flexibility index (Phi) is 2.56. The molecule has 11 heavy (non-hydrogen) atoms. The van der Waals surface area contributed by atoms with Crippen molar-refractivity contribution in [1.29, 1.82) is 5.26 Å². The largest absolute Gasteiger partial charge is 0.185 e. The Morgan fingerprint density at radius 2 is 2.00 bits per heavy atom. The monoisotopic (exact) mass is 163 g/mol. The van der Waals surface area contributed by atoms with Crippen molar-refractivity contribution in [2.75, 3.05) is 0 Å². The summed E-state index contributed by atoms with van der Waals surface area (Å²) in [6, 6.07) is 6.04. The van der Waals surface area contributed by atoms with E-state index in [0.29, 0.717) is 0 Å². The fourth-order valence-electron chi connectivity index (χ4n) is 0.830. The lowest BCUT2D eigenvalue weighted by molar-refractivity contribution is 1.28. The van der Waals surface area contributed by atoms with Crippen molar-refractivity contribution in [3.63, 3.8) is 0 Å². The summed E-state index contributed by atoms with van der Waals surface area (Å²) in [6.45, 7) is 4.12. The van der Waals surface area contributed by atoms with E-state index in [4.69, 9.17) is 5.26 Å². The van der Waals surface area contributed by atoms with Gasteiger partial charge in [-0.25, -0.2) is 0 Å². The zero-order valence-corrected chi connectivity index (χ0v) is 7.40. The number of thiocyanates is 1. The highest BCUT2D eigenvalue weighted by molar-refractivity contribution is 8.03. The lowest BCUT2D eigenvalue weighted by Gasteiger charge is -1.99. The normalized spacial score (nSPS) is 9.18. The van der Waals surface area contributed by atoms with Crippen molar-refractivity contribution in [1.82, 2.24) is 0 Å². The summed E-state index contributed by atoms with van der Waals surface area (Å²) in [7, 11) is 0. The van der Waals surface area contributed by atoms with Crippen LogP contribution in [0, 0.1) is 24.5 Å². The average molecular weight is 163 g/mol. The molecular formula is C9H9NS. The molecule has 0 saturated carbocycles. The number of benzene rings is 1. The number of nitriles is 1. The molecule has 0 heterocycles. The van der Waals surface area contributed by atoms with Gasteiger partial charge in [-0.1, -0.05) is 6.07 Å². The Labute approximate surface area is 71.0 Å². The second-order valence-electron chi connectivity index (χ2n) is 2.44. The van der Waals surface area contributed by atoms with Crippen LogP contribution in [0.2, 0.25) is 0 Å². The summed E-state index contributed by atoms with van der Waals surface area (Å²) >= 11 is 1.20. The molecule has 0 amide bonds. The fourth-order valence-corrected chi connectivity index (χ4v) is 1.31. The first-order chi connectivity index (χ1) is 5.24. The molecule has 0 spiro atoms. The summed E-state index contributed by atoms with van der Waals surface area (Å²) in [4.78, 5) is 1.02. The second kappa shape index (κ2) is 3.45. The first-order valence-corrected chi connectivity index (χ1v) is 4.19. The Hall–Kier alpha value is -0.940. The lowest BCUT2D eigenvalue weighted by atomic mass is 10.1. The average Bonchev–Trinajstić information content (AvgIpc) is 1.98. The molecule has 2 heteroatoms. The second-order valence-corrected chi connectivity index (χ2v) is 3.30. The van der Waals surface area contributed by atoms with Crippen LogP contribution in [0.25, 0.3) is 0 Å². The molecule has 0 bridgehead atoms. The Bertz CT molecular complexity index is 299. The Balaban J connectivity index is 2.98. The SMILES string of the molecule is Cc1ccc(SC#N)cc1C. The third-order valence-electron chi connectivity index (χ3n) is 1.64. The fraction of sp³-hybridized carbons (Fsp3) is 0.222. The van der Waals surface area contributed by atoms with Gasteiger partial charge in [0.1, 0.15) is 5.40 Å². The van der Waals surface area contributed by atoms with Crippen LogP contribution in [0.15, 0.2) is 23.1 Å². The van der Waals surface area contributed by atoms with E-state index in [0.717, 1.165) is 4.90 Å². The van der Waals surface area contributed by atoms with E-state index in [1.54, 1.807) is 0 Å². The van der Waals surface area contributed by atoms with Gasteiger partial charge in [0.05, 0.1) is 0 Å². The Morgan fingerprint density at radius 1 is 1.27 bits per heavy atom. The van der Waals surface area contributed by atoms with Crippen LogP contribution in [0.5, 0.6) is 0 Å². The summed E-state index contributed by atoms with van der Waals surface area (Å²) in [5.74, 6) is 0. The van der Waals surface area contributed by atoms with E-state index in [2.05, 4.69) is 13.8 Å². The highest BCUT2D eigenvalue weighted by Crippen LogP contribution is 2.19. The first kappa shape index (κ1) is 8.16. The topological polar surface area (TPSA) is 23.8 Å². The first-order valence-electron chi connectivity index (χ1n) is 3.37. The van der Waals surface area contributed by atoms with Gasteiger partial charge < -0.3 is 0 Å². The van der Waals surface area contributed by atoms with Gasteiger partial charge in [0.2, 0.25) is 0 Å². The third-order valence-corrected chi connectivity index (χ3v) is 2.22. The van der Waals surface area contributed by atoms with Crippen LogP contribution in [0.4, 0.5) is 0 Å². The summed E-state index contributed by atoms with van der Waals surface area (Å²) < 4.78 is 0. The zero-order chi connectivity index (χ0) is 8.27. The molecule has 0 aromatic heterocycles. The van der Waals surface area contributed by atoms with E-state index in [9.17, 15) is 0 Å². The van der Waals surface area contributed by atoms with Crippen molar-refractivity contribution in [2.24, 2.45) is 0 Å². The molecule has 0 aliphatic carbocycles. The van der Waals surface area contributed by atoms with Crippen molar-refractivity contribution < 1.29 is 0 Å². The number of nitrogens with zero attached hydrogens (tertiary/aromatic N) is 1. The molecule has 0 radical (unpaired) electrons. The predicted octanol–water partition coefficient (Wildman–Crippen LogP) is 2.88. The van der Waals surface area contributed by atoms with E-state index >= 15 is 0 Å². The standard InChI is InChI=1S/C9H9NS/c1-7-3-4-9(11-6-10)5-8(7)2/h3-5H,1-2H3. The molecule has 0 unspecified atom stereocenters. The summed E-state index contributed by atoms with van der Waals surface area (Å²) in [5.41, 5.74) is 2.51. The van der Waals surface area contributed by atoms with E-state index in [-0.39, 0.29) is 0 Å². The van der Waals surface area contributed by atoms with Crippen molar-refractivity contribution in [3.05, 3.63) is 29.3 Å². The molecule has 0 N–H and O–H groups in total. The van der Waals surface area contributed by atoms with Gasteiger partial charge in [-0.3, -0.25) is 0 Å². The lowest BCUT2D eigenvalue weighted by Crippen LogP contribution is -1.79. The summed E-state index contributed by atoms with van der Waals surface area (Å²) in [6.07, 6.45) is 0. The number of rotatable bonds is 1. The molecule has 0 atom stereocenters. The van der Waals surface area contributed by atoms with Gasteiger partial charge >= 0.3 is 0 Å². The molecule has 1 aromatic rings. The number of hydrogen-bond donors (Lipinski definition) is 0. The molecule has 0 saturated heterocycles. The number of hydrogen-bond acceptors (Lipinski definition) is 2. The van der Waals surface area contributed by atoms with Crippen LogP contribution in [0.3, 0.4) is 0 Å². The van der Waals surface area contributed by atoms with E-state index in [1.165, 1.54) is 22.9 Å². The predicted molar refractivity (Wildman–Crippen MR) is 47.4 cm³/mol. The maximum Gasteiger partial charge on any atom is 0.138 e. The zero-order valence-electron chi connectivity index (χ0n) is 6.59. The smallest absolute Gasteiger partial charge is 0.138 e. The maximum absolute atomic E-state index is 8.39. The van der Waals surface area contributed by atoms with Gasteiger partial charge in [0.15, 0.2) is 0 Å². The van der Waals surface area contributed by atoms with Crippen LogP contribution in [0.1, 0.15) is 11.1 Å². The summed E-state index contributed by atoms with van der Waals surface area (Å²) in [5, 5.41) is 10.4. The molecule has 0 aliphatic heterocycles. The maximum atomic E-state index is 8.39. The highest BCUT2D eigenvalue weighted by atomic mass is 32.2. The number of thioether (sulfide) groups is 1. The number of aryl methyl sites for hydroxylation is 2. The van der Waals surface area contributed by atoms with Gasteiger partial charge in [-0.2, -0.15) is 5.26 Å². The van der Waals surface area contributed by atoms with Crippen molar-refractivity contribution in [3.8, 4) is 5.40 Å². The van der Waals surface area contributed by atoms with Crippen molar-refractivity contribution >= 4 is 11.8 Å². The molecule has 1 aromatic carbocycles. The third kappa shape index (κ3) is 1.99. The van der Waals surface area contributed by atoms with Gasteiger partial charge in [-0.15, -0.1) is 0 Å². The van der Waals surface area contributed by atoms with Gasteiger partial charge in [0.25, 0.3) is 0 Å². The molecule has 0 aliphatic rings. The van der Waals surface area contributed by atoms with Crippen molar-refractivity contribution in [2.45, 2.75) is 18.7 Å². The van der Waals surface area contributed by atoms with Gasteiger partial charge in [0, 0.05) is 4.90 Å². The van der Waals surface area contributed by atoms with Crippen LogP contribution in [-0.4, -0.2) is 0 Å². The molecule has 56 valence electrons. The molecule has 1 rings (SSSR count). The minimum atomic E-state index is 1.02. The van der Waals surface area contributed by atoms with E-state index in [1.807, 2.05) is 23.6 Å². The molecule has 0 fully saturated rings. The molecule has 1 nitrogen and oxygen atoms in total. The Morgan fingerprint density at radius 3 is 2.55 bits per heavy atom. The van der Waals surface area contributed by atoms with Crippen LogP contribution >= 0.6 is 11.8 Å².